The normalized spacial score (nSPS) is 12.1. The zero-order chi connectivity index (χ0) is 18.4. The molecular formula is C20H23N5O. The van der Waals surface area contributed by atoms with E-state index in [1.807, 2.05) is 73.6 Å². The first-order valence-electron chi connectivity index (χ1n) is 8.65. The predicted octanol–water partition coefficient (Wildman–Crippen LogP) is 2.96. The van der Waals surface area contributed by atoms with Gasteiger partial charge in [0.1, 0.15) is 6.04 Å². The van der Waals surface area contributed by atoms with Gasteiger partial charge in [-0.2, -0.15) is 5.10 Å². The number of nitrogens with zero attached hydrogens (tertiary/aromatic N) is 4. The molecule has 0 saturated carbocycles. The topological polar surface area (TPSA) is 63.1 Å². The van der Waals surface area contributed by atoms with Crippen LogP contribution >= 0.6 is 0 Å². The van der Waals surface area contributed by atoms with Gasteiger partial charge in [0.05, 0.1) is 6.54 Å². The summed E-state index contributed by atoms with van der Waals surface area (Å²) in [6.45, 7) is 3.44. The lowest BCUT2D eigenvalue weighted by molar-refractivity contribution is -0.121. The number of nitrogens with one attached hydrogen (secondary N) is 1. The van der Waals surface area contributed by atoms with E-state index in [2.05, 4.69) is 15.4 Å². The van der Waals surface area contributed by atoms with E-state index in [9.17, 15) is 4.79 Å². The summed E-state index contributed by atoms with van der Waals surface area (Å²) in [5.74, 6) is 0.462. The van der Waals surface area contributed by atoms with E-state index in [0.29, 0.717) is 12.4 Å². The first kappa shape index (κ1) is 17.8. The third-order valence-corrected chi connectivity index (χ3v) is 4.29. The SMILES string of the molecule is CCN(C)[C@H](C(=O)Nc1ccn(Cc2ccncc2)n1)c1ccccc1. The molecule has 0 fully saturated rings. The number of carbonyl (C=O) groups excluding carboxylic acids is 1. The molecule has 1 amide bonds. The number of likely N-dealkylation sites (N-methyl/N-ethyl adjacent to an activating group) is 1. The maximum Gasteiger partial charge on any atom is 0.247 e. The van der Waals surface area contributed by atoms with Gasteiger partial charge in [-0.05, 0) is 36.9 Å². The maximum atomic E-state index is 12.9. The molecule has 6 heteroatoms. The van der Waals surface area contributed by atoms with Crippen molar-refractivity contribution in [3.8, 4) is 0 Å². The molecule has 1 aromatic carbocycles. The van der Waals surface area contributed by atoms with Gasteiger partial charge < -0.3 is 5.32 Å². The Morgan fingerprint density at radius 3 is 2.58 bits per heavy atom. The Morgan fingerprint density at radius 2 is 1.88 bits per heavy atom. The van der Waals surface area contributed by atoms with Crippen LogP contribution < -0.4 is 5.32 Å². The van der Waals surface area contributed by atoms with E-state index < -0.39 is 0 Å². The first-order valence-corrected chi connectivity index (χ1v) is 8.65. The Morgan fingerprint density at radius 1 is 1.15 bits per heavy atom. The summed E-state index contributed by atoms with van der Waals surface area (Å²) in [6, 6.07) is 15.1. The van der Waals surface area contributed by atoms with Crippen LogP contribution in [0.15, 0.2) is 67.1 Å². The number of aromatic nitrogens is 3. The molecule has 0 bridgehead atoms. The van der Waals surface area contributed by atoms with Crippen LogP contribution in [-0.4, -0.2) is 39.2 Å². The standard InChI is InChI=1S/C20H23N5O/c1-3-24(2)19(17-7-5-4-6-8-17)20(26)22-18-11-14-25(23-18)15-16-9-12-21-13-10-16/h4-14,19H,3,15H2,1-2H3,(H,22,23,26)/t19-/m0/s1. The average molecular weight is 349 g/mol. The third kappa shape index (κ3) is 4.34. The van der Waals surface area contributed by atoms with Crippen LogP contribution in [0, 0.1) is 0 Å². The Bertz CT molecular complexity index is 832. The van der Waals surface area contributed by atoms with Gasteiger partial charge in [-0.3, -0.25) is 19.4 Å². The highest BCUT2D eigenvalue weighted by Crippen LogP contribution is 2.21. The highest BCUT2D eigenvalue weighted by molar-refractivity contribution is 5.94. The number of hydrogen-bond donors (Lipinski definition) is 1. The van der Waals surface area contributed by atoms with Crippen molar-refractivity contribution in [3.05, 3.63) is 78.2 Å². The van der Waals surface area contributed by atoms with Crippen molar-refractivity contribution in [2.75, 3.05) is 18.9 Å². The van der Waals surface area contributed by atoms with Crippen LogP contribution in [0.2, 0.25) is 0 Å². The number of amides is 1. The lowest BCUT2D eigenvalue weighted by atomic mass is 10.0. The molecule has 0 aliphatic rings. The van der Waals surface area contributed by atoms with Gasteiger partial charge in [-0.15, -0.1) is 0 Å². The van der Waals surface area contributed by atoms with E-state index in [-0.39, 0.29) is 11.9 Å². The molecule has 1 N–H and O–H groups in total. The number of pyridine rings is 1. The second-order valence-electron chi connectivity index (χ2n) is 6.13. The molecule has 2 aromatic heterocycles. The van der Waals surface area contributed by atoms with E-state index in [1.54, 1.807) is 17.1 Å². The Labute approximate surface area is 153 Å². The molecule has 0 aliphatic heterocycles. The van der Waals surface area contributed by atoms with Crippen molar-refractivity contribution in [3.63, 3.8) is 0 Å². The maximum absolute atomic E-state index is 12.9. The molecule has 3 rings (SSSR count). The fourth-order valence-corrected chi connectivity index (χ4v) is 2.81. The zero-order valence-corrected chi connectivity index (χ0v) is 15.0. The smallest absolute Gasteiger partial charge is 0.247 e. The molecule has 3 aromatic rings. The summed E-state index contributed by atoms with van der Waals surface area (Å²) >= 11 is 0. The summed E-state index contributed by atoms with van der Waals surface area (Å²) in [5, 5.41) is 7.39. The second-order valence-corrected chi connectivity index (χ2v) is 6.13. The third-order valence-electron chi connectivity index (χ3n) is 4.29. The summed E-state index contributed by atoms with van der Waals surface area (Å²) in [4.78, 5) is 18.9. The fourth-order valence-electron chi connectivity index (χ4n) is 2.81. The predicted molar refractivity (Wildman–Crippen MR) is 102 cm³/mol. The Kier molecular flexibility index (Phi) is 5.76. The molecule has 0 spiro atoms. The molecule has 0 saturated heterocycles. The summed E-state index contributed by atoms with van der Waals surface area (Å²) in [5.41, 5.74) is 2.07. The van der Waals surface area contributed by atoms with Crippen molar-refractivity contribution < 1.29 is 4.79 Å². The first-order chi connectivity index (χ1) is 12.7. The van der Waals surface area contributed by atoms with Gasteiger partial charge in [0, 0.05) is 24.7 Å². The van der Waals surface area contributed by atoms with Crippen LogP contribution in [0.3, 0.4) is 0 Å². The number of hydrogen-bond acceptors (Lipinski definition) is 4. The van der Waals surface area contributed by atoms with Crippen molar-refractivity contribution in [1.29, 1.82) is 0 Å². The van der Waals surface area contributed by atoms with Crippen molar-refractivity contribution in [1.82, 2.24) is 19.7 Å². The number of benzene rings is 1. The fraction of sp³-hybridized carbons (Fsp3) is 0.250. The van der Waals surface area contributed by atoms with Crippen molar-refractivity contribution >= 4 is 11.7 Å². The minimum Gasteiger partial charge on any atom is -0.308 e. The van der Waals surface area contributed by atoms with E-state index in [4.69, 9.17) is 0 Å². The minimum absolute atomic E-state index is 0.0882. The van der Waals surface area contributed by atoms with E-state index in [0.717, 1.165) is 17.7 Å². The lowest BCUT2D eigenvalue weighted by Crippen LogP contribution is -2.34. The number of carbonyl (C=O) groups is 1. The molecule has 0 unspecified atom stereocenters. The molecular weight excluding hydrogens is 326 g/mol. The summed E-state index contributed by atoms with van der Waals surface area (Å²) in [6.07, 6.45) is 5.37. The number of rotatable bonds is 7. The van der Waals surface area contributed by atoms with Crippen molar-refractivity contribution in [2.24, 2.45) is 0 Å². The van der Waals surface area contributed by atoms with Gasteiger partial charge in [0.25, 0.3) is 0 Å². The molecule has 2 heterocycles. The quantitative estimate of drug-likeness (QED) is 0.712. The van der Waals surface area contributed by atoms with E-state index >= 15 is 0 Å². The largest absolute Gasteiger partial charge is 0.308 e. The molecule has 6 nitrogen and oxygen atoms in total. The van der Waals surface area contributed by atoms with E-state index in [1.165, 1.54) is 0 Å². The Hall–Kier alpha value is -2.99. The monoisotopic (exact) mass is 349 g/mol. The molecule has 134 valence electrons. The van der Waals surface area contributed by atoms with Gasteiger partial charge in [0.15, 0.2) is 5.82 Å². The molecule has 1 atom stereocenters. The average Bonchev–Trinajstić information content (AvgIpc) is 3.10. The van der Waals surface area contributed by atoms with Gasteiger partial charge in [-0.25, -0.2) is 0 Å². The highest BCUT2D eigenvalue weighted by atomic mass is 16.2. The molecule has 0 radical (unpaired) electrons. The second kappa shape index (κ2) is 8.40. The summed E-state index contributed by atoms with van der Waals surface area (Å²) < 4.78 is 1.80. The summed E-state index contributed by atoms with van der Waals surface area (Å²) in [7, 11) is 1.94. The zero-order valence-electron chi connectivity index (χ0n) is 15.0. The minimum atomic E-state index is -0.355. The molecule has 0 aliphatic carbocycles. The van der Waals surface area contributed by atoms with Crippen LogP contribution in [0.1, 0.15) is 24.1 Å². The van der Waals surface area contributed by atoms with Crippen LogP contribution in [0.5, 0.6) is 0 Å². The van der Waals surface area contributed by atoms with Crippen molar-refractivity contribution in [2.45, 2.75) is 19.5 Å². The van der Waals surface area contributed by atoms with Gasteiger partial charge in [-0.1, -0.05) is 37.3 Å². The lowest BCUT2D eigenvalue weighted by Gasteiger charge is -2.25. The van der Waals surface area contributed by atoms with Gasteiger partial charge in [0.2, 0.25) is 5.91 Å². The van der Waals surface area contributed by atoms with Gasteiger partial charge >= 0.3 is 0 Å². The van der Waals surface area contributed by atoms with Crippen LogP contribution in [-0.2, 0) is 11.3 Å². The number of anilines is 1. The highest BCUT2D eigenvalue weighted by Gasteiger charge is 2.24. The van der Waals surface area contributed by atoms with Crippen LogP contribution in [0.4, 0.5) is 5.82 Å². The Balaban J connectivity index is 1.72. The van der Waals surface area contributed by atoms with Crippen LogP contribution in [0.25, 0.3) is 0 Å². The molecule has 26 heavy (non-hydrogen) atoms.